The van der Waals surface area contributed by atoms with Gasteiger partial charge in [0, 0.05) is 12.8 Å². The molecule has 1 atom stereocenters. The Morgan fingerprint density at radius 2 is 2.06 bits per heavy atom. The van der Waals surface area contributed by atoms with Crippen molar-refractivity contribution >= 4 is 5.97 Å². The van der Waals surface area contributed by atoms with Gasteiger partial charge in [0.15, 0.2) is 0 Å². The van der Waals surface area contributed by atoms with Crippen LogP contribution < -0.4 is 0 Å². The Morgan fingerprint density at radius 3 is 2.41 bits per heavy atom. The van der Waals surface area contributed by atoms with Crippen molar-refractivity contribution in [1.29, 1.82) is 0 Å². The highest BCUT2D eigenvalue weighted by Gasteiger charge is 2.42. The minimum absolute atomic E-state index is 0.325. The highest BCUT2D eigenvalue weighted by molar-refractivity contribution is 5.77. The Morgan fingerprint density at radius 1 is 1.41 bits per heavy atom. The largest absolute Gasteiger partial charge is 0.483 e. The lowest BCUT2D eigenvalue weighted by Crippen LogP contribution is -2.43. The summed E-state index contributed by atoms with van der Waals surface area (Å²) in [5, 5.41) is 9.35. The zero-order valence-corrected chi connectivity index (χ0v) is 11.3. The number of carboxylic acid groups (broad SMARTS) is 1. The van der Waals surface area contributed by atoms with Crippen LogP contribution in [0.4, 0.5) is 0 Å². The van der Waals surface area contributed by atoms with Crippen molar-refractivity contribution in [3.63, 3.8) is 0 Å². The average Bonchev–Trinajstić information content (AvgIpc) is 2.19. The highest BCUT2D eigenvalue weighted by Crippen LogP contribution is 2.34. The topological polar surface area (TPSA) is 46.5 Å². The Labute approximate surface area is 104 Å². The second-order valence-electron chi connectivity index (χ2n) is 5.89. The van der Waals surface area contributed by atoms with Crippen molar-refractivity contribution in [3.8, 4) is 0 Å². The van der Waals surface area contributed by atoms with Crippen LogP contribution in [-0.4, -0.2) is 16.7 Å². The van der Waals surface area contributed by atoms with E-state index in [1.807, 2.05) is 13.8 Å². The molecule has 0 aromatic carbocycles. The van der Waals surface area contributed by atoms with E-state index in [1.165, 1.54) is 5.57 Å². The molecular weight excluding hydrogens is 216 g/mol. The smallest absolute Gasteiger partial charge is 0.348 e. The lowest BCUT2D eigenvalue weighted by molar-refractivity contribution is -0.163. The first-order valence-electron chi connectivity index (χ1n) is 6.45. The first-order chi connectivity index (χ1) is 7.85. The van der Waals surface area contributed by atoms with Crippen LogP contribution in [0.2, 0.25) is 0 Å². The Balaban J connectivity index is 2.73. The van der Waals surface area contributed by atoms with Gasteiger partial charge in [-0.05, 0) is 30.3 Å². The molecule has 0 bridgehead atoms. The summed E-state index contributed by atoms with van der Waals surface area (Å²) in [6.45, 7) is 8.38. The molecular formula is C14H24O3. The van der Waals surface area contributed by atoms with Crippen LogP contribution >= 0.6 is 0 Å². The van der Waals surface area contributed by atoms with Gasteiger partial charge in [0.1, 0.15) is 0 Å². The van der Waals surface area contributed by atoms with Crippen LogP contribution in [0.25, 0.3) is 0 Å². The molecule has 1 N–H and O–H groups in total. The van der Waals surface area contributed by atoms with Crippen LogP contribution in [0.15, 0.2) is 11.8 Å². The van der Waals surface area contributed by atoms with Gasteiger partial charge in [0.05, 0.1) is 6.26 Å². The minimum atomic E-state index is -0.991. The average molecular weight is 240 g/mol. The summed E-state index contributed by atoms with van der Waals surface area (Å²) < 4.78 is 5.59. The van der Waals surface area contributed by atoms with Crippen molar-refractivity contribution in [2.45, 2.75) is 59.0 Å². The Hall–Kier alpha value is -0.990. The van der Waals surface area contributed by atoms with E-state index in [9.17, 15) is 9.90 Å². The van der Waals surface area contributed by atoms with E-state index >= 15 is 0 Å². The summed E-state index contributed by atoms with van der Waals surface area (Å²) >= 11 is 0. The SMILES string of the molecule is CC(C)CC1=COC(CC(C)C)(C(=O)O)CC1. The van der Waals surface area contributed by atoms with Crippen molar-refractivity contribution in [1.82, 2.24) is 0 Å². The summed E-state index contributed by atoms with van der Waals surface area (Å²) in [4.78, 5) is 11.4. The standard InChI is InChI=1S/C14H24O3/c1-10(2)7-12-5-6-14(13(15)16,17-9-12)8-11(3)4/h9-11H,5-8H2,1-4H3,(H,15,16). The summed E-state index contributed by atoms with van der Waals surface area (Å²) in [6.07, 6.45) is 4.71. The fourth-order valence-electron chi connectivity index (χ4n) is 2.41. The number of ether oxygens (including phenoxy) is 1. The number of allylic oxidation sites excluding steroid dienone is 1. The van der Waals surface area contributed by atoms with Crippen LogP contribution in [0.1, 0.15) is 53.4 Å². The predicted octanol–water partition coefficient (Wildman–Crippen LogP) is 3.60. The normalized spacial score (nSPS) is 24.7. The number of rotatable bonds is 5. The van der Waals surface area contributed by atoms with Crippen molar-refractivity contribution in [2.75, 3.05) is 0 Å². The number of carboxylic acids is 1. The lowest BCUT2D eigenvalue weighted by Gasteiger charge is -2.34. The summed E-state index contributed by atoms with van der Waals surface area (Å²) in [5.41, 5.74) is 0.245. The van der Waals surface area contributed by atoms with E-state index in [0.29, 0.717) is 24.7 Å². The summed E-state index contributed by atoms with van der Waals surface area (Å²) in [7, 11) is 0. The highest BCUT2D eigenvalue weighted by atomic mass is 16.5. The molecule has 98 valence electrons. The van der Waals surface area contributed by atoms with Crippen LogP contribution in [0, 0.1) is 11.8 Å². The van der Waals surface area contributed by atoms with E-state index in [0.717, 1.165) is 12.8 Å². The second-order valence-corrected chi connectivity index (χ2v) is 5.89. The third-order valence-electron chi connectivity index (χ3n) is 3.10. The van der Waals surface area contributed by atoms with Gasteiger partial charge in [-0.2, -0.15) is 0 Å². The maximum atomic E-state index is 11.4. The molecule has 0 radical (unpaired) electrons. The molecule has 0 saturated carbocycles. The number of hydrogen-bond acceptors (Lipinski definition) is 2. The summed E-state index contributed by atoms with van der Waals surface area (Å²) in [5.74, 6) is 0.0875. The van der Waals surface area contributed by atoms with Gasteiger partial charge in [-0.3, -0.25) is 0 Å². The molecule has 1 heterocycles. The molecule has 3 heteroatoms. The number of aliphatic carboxylic acids is 1. The Bertz CT molecular complexity index is 305. The first-order valence-corrected chi connectivity index (χ1v) is 6.45. The molecule has 1 unspecified atom stereocenters. The molecule has 1 aliphatic rings. The van der Waals surface area contributed by atoms with Gasteiger partial charge < -0.3 is 9.84 Å². The second kappa shape index (κ2) is 5.56. The lowest BCUT2D eigenvalue weighted by atomic mass is 9.84. The van der Waals surface area contributed by atoms with Gasteiger partial charge in [-0.1, -0.05) is 27.7 Å². The maximum Gasteiger partial charge on any atom is 0.348 e. The number of carbonyl (C=O) groups is 1. The van der Waals surface area contributed by atoms with Crippen molar-refractivity contribution in [3.05, 3.63) is 11.8 Å². The molecule has 0 spiro atoms. The van der Waals surface area contributed by atoms with E-state index in [-0.39, 0.29) is 0 Å². The monoisotopic (exact) mass is 240 g/mol. The van der Waals surface area contributed by atoms with Gasteiger partial charge >= 0.3 is 5.97 Å². The predicted molar refractivity (Wildman–Crippen MR) is 67.7 cm³/mol. The third-order valence-corrected chi connectivity index (χ3v) is 3.10. The van der Waals surface area contributed by atoms with Crippen molar-refractivity contribution < 1.29 is 14.6 Å². The third kappa shape index (κ3) is 3.76. The molecule has 3 nitrogen and oxygen atoms in total. The molecule has 0 aromatic heterocycles. The van der Waals surface area contributed by atoms with E-state index < -0.39 is 11.6 Å². The van der Waals surface area contributed by atoms with E-state index in [1.54, 1.807) is 6.26 Å². The molecule has 1 rings (SSSR count). The van der Waals surface area contributed by atoms with Gasteiger partial charge in [-0.15, -0.1) is 0 Å². The van der Waals surface area contributed by atoms with Gasteiger partial charge in [-0.25, -0.2) is 4.79 Å². The van der Waals surface area contributed by atoms with E-state index in [4.69, 9.17) is 4.74 Å². The molecule has 0 amide bonds. The molecule has 0 fully saturated rings. The van der Waals surface area contributed by atoms with Gasteiger partial charge in [0.2, 0.25) is 5.60 Å². The Kier molecular flexibility index (Phi) is 4.61. The molecule has 1 aliphatic heterocycles. The van der Waals surface area contributed by atoms with E-state index in [2.05, 4.69) is 13.8 Å². The molecule has 0 aromatic rings. The van der Waals surface area contributed by atoms with Crippen LogP contribution in [0.5, 0.6) is 0 Å². The van der Waals surface area contributed by atoms with Gasteiger partial charge in [0.25, 0.3) is 0 Å². The zero-order chi connectivity index (χ0) is 13.1. The molecule has 17 heavy (non-hydrogen) atoms. The quantitative estimate of drug-likeness (QED) is 0.798. The fourth-order valence-corrected chi connectivity index (χ4v) is 2.41. The molecule has 0 saturated heterocycles. The fraction of sp³-hybridized carbons (Fsp3) is 0.786. The van der Waals surface area contributed by atoms with Crippen LogP contribution in [0.3, 0.4) is 0 Å². The number of hydrogen-bond donors (Lipinski definition) is 1. The zero-order valence-electron chi connectivity index (χ0n) is 11.3. The minimum Gasteiger partial charge on any atom is -0.483 e. The summed E-state index contributed by atoms with van der Waals surface area (Å²) in [6, 6.07) is 0. The van der Waals surface area contributed by atoms with Crippen LogP contribution in [-0.2, 0) is 9.53 Å². The maximum absolute atomic E-state index is 11.4. The van der Waals surface area contributed by atoms with Crippen molar-refractivity contribution in [2.24, 2.45) is 11.8 Å². The molecule has 0 aliphatic carbocycles. The first kappa shape index (κ1) is 14.1.